The first kappa shape index (κ1) is 7.73. The second-order valence-electron chi connectivity index (χ2n) is 3.00. The Balaban J connectivity index is 2.33. The first-order valence-corrected chi connectivity index (χ1v) is 3.76. The molecule has 0 spiro atoms. The van der Waals surface area contributed by atoms with Crippen LogP contribution in [0.1, 0.15) is 19.8 Å². The number of likely N-dealkylation sites (tertiary alicyclic amines) is 1. The Labute approximate surface area is 62.2 Å². The third-order valence-electron chi connectivity index (χ3n) is 2.16. The minimum atomic E-state index is 0.318. The molecule has 1 saturated heterocycles. The lowest BCUT2D eigenvalue weighted by atomic mass is 9.94. The highest BCUT2D eigenvalue weighted by Gasteiger charge is 2.17. The topological polar surface area (TPSA) is 20.3 Å². The fourth-order valence-electron chi connectivity index (χ4n) is 1.34. The summed E-state index contributed by atoms with van der Waals surface area (Å²) < 4.78 is 0. The van der Waals surface area contributed by atoms with E-state index in [0.717, 1.165) is 25.9 Å². The van der Waals surface area contributed by atoms with Crippen LogP contribution in [-0.4, -0.2) is 23.8 Å². The monoisotopic (exact) mass is 140 g/mol. The third-order valence-corrected chi connectivity index (χ3v) is 2.16. The van der Waals surface area contributed by atoms with Crippen molar-refractivity contribution in [2.75, 3.05) is 13.1 Å². The average molecular weight is 140 g/mol. The van der Waals surface area contributed by atoms with E-state index in [1.165, 1.54) is 0 Å². The van der Waals surface area contributed by atoms with Crippen LogP contribution < -0.4 is 0 Å². The number of carbonyl (C=O) groups excluding carboxylic acids is 1. The lowest BCUT2D eigenvalue weighted by Crippen LogP contribution is -2.31. The molecule has 0 saturated carbocycles. The summed E-state index contributed by atoms with van der Waals surface area (Å²) in [6, 6.07) is 0. The molecule has 2 heteroatoms. The van der Waals surface area contributed by atoms with Crippen LogP contribution in [-0.2, 0) is 4.79 Å². The third kappa shape index (κ3) is 1.81. The lowest BCUT2D eigenvalue weighted by molar-refractivity contribution is -0.121. The average Bonchev–Trinajstić information content (AvgIpc) is 1.88. The molecule has 0 aromatic carbocycles. The molecule has 0 unspecified atom stereocenters. The minimum Gasteiger partial charge on any atom is -0.459 e. The van der Waals surface area contributed by atoms with Crippen molar-refractivity contribution in [2.24, 2.45) is 5.92 Å². The second kappa shape index (κ2) is 3.15. The summed E-state index contributed by atoms with van der Waals surface area (Å²) in [4.78, 5) is 12.9. The number of ketones is 1. The maximum Gasteiger partial charge on any atom is 0.132 e. The van der Waals surface area contributed by atoms with Crippen LogP contribution in [0.2, 0.25) is 0 Å². The second-order valence-corrected chi connectivity index (χ2v) is 3.00. The van der Waals surface area contributed by atoms with Gasteiger partial charge >= 0.3 is 0 Å². The van der Waals surface area contributed by atoms with E-state index in [-0.39, 0.29) is 0 Å². The quantitative estimate of drug-likeness (QED) is 0.508. The molecule has 2 nitrogen and oxygen atoms in total. The zero-order valence-electron chi connectivity index (χ0n) is 6.47. The van der Waals surface area contributed by atoms with E-state index in [4.69, 9.17) is 0 Å². The van der Waals surface area contributed by atoms with Gasteiger partial charge in [0.1, 0.15) is 5.78 Å². The summed E-state index contributed by atoms with van der Waals surface area (Å²) in [7, 11) is 3.81. The van der Waals surface area contributed by atoms with E-state index in [9.17, 15) is 4.79 Å². The Morgan fingerprint density at radius 2 is 2.00 bits per heavy atom. The van der Waals surface area contributed by atoms with Crippen molar-refractivity contribution < 1.29 is 4.79 Å². The van der Waals surface area contributed by atoms with Crippen molar-refractivity contribution in [3.8, 4) is 0 Å². The van der Waals surface area contributed by atoms with E-state index in [0.29, 0.717) is 11.7 Å². The number of nitrogens with zero attached hydrogens (tertiary/aromatic N) is 1. The molecule has 0 amide bonds. The van der Waals surface area contributed by atoms with Crippen LogP contribution in [0.15, 0.2) is 0 Å². The van der Waals surface area contributed by atoms with Gasteiger partial charge in [-0.3, -0.25) is 11.8 Å². The Bertz CT molecular complexity index is 125. The van der Waals surface area contributed by atoms with Gasteiger partial charge in [-0.05, 0) is 32.9 Å². The van der Waals surface area contributed by atoms with Crippen molar-refractivity contribution in [3.05, 3.63) is 7.05 Å². The van der Waals surface area contributed by atoms with Gasteiger partial charge in [-0.1, -0.05) is 0 Å². The predicted molar refractivity (Wildman–Crippen MR) is 40.3 cm³/mol. The normalized spacial score (nSPS) is 23.0. The molecule has 0 bridgehead atoms. The number of piperidine rings is 1. The summed E-state index contributed by atoms with van der Waals surface area (Å²) in [5.74, 6) is 0.658. The standard InChI is InChI=1S/C8H14NO/c1-7(10)8-3-5-9(2)6-4-8/h8H,2-6H2,1H3/q-1. The first-order valence-electron chi connectivity index (χ1n) is 3.76. The van der Waals surface area contributed by atoms with Crippen LogP contribution >= 0.6 is 0 Å². The van der Waals surface area contributed by atoms with Gasteiger partial charge in [-0.2, -0.15) is 0 Å². The minimum absolute atomic E-state index is 0.318. The van der Waals surface area contributed by atoms with Crippen molar-refractivity contribution in [1.82, 2.24) is 4.90 Å². The van der Waals surface area contributed by atoms with E-state index in [2.05, 4.69) is 7.05 Å². The predicted octanol–water partition coefficient (Wildman–Crippen LogP) is 1.08. The summed E-state index contributed by atoms with van der Waals surface area (Å²) in [5.41, 5.74) is 0. The number of hydrogen-bond donors (Lipinski definition) is 0. The fourth-order valence-corrected chi connectivity index (χ4v) is 1.34. The van der Waals surface area contributed by atoms with Crippen LogP contribution in [0.3, 0.4) is 0 Å². The highest BCUT2D eigenvalue weighted by atomic mass is 16.1. The highest BCUT2D eigenvalue weighted by molar-refractivity contribution is 5.78. The van der Waals surface area contributed by atoms with Gasteiger partial charge in [-0.25, -0.2) is 0 Å². The number of Topliss-reactive ketones (excluding diaryl/α,β-unsaturated/α-hetero) is 1. The molecule has 58 valence electrons. The Kier molecular flexibility index (Phi) is 2.44. The summed E-state index contributed by atoms with van der Waals surface area (Å²) in [6.45, 7) is 3.64. The zero-order chi connectivity index (χ0) is 7.56. The van der Waals surface area contributed by atoms with Crippen LogP contribution in [0.25, 0.3) is 0 Å². The molecular formula is C8H14NO-. The van der Waals surface area contributed by atoms with Crippen molar-refractivity contribution >= 4 is 5.78 Å². The summed E-state index contributed by atoms with van der Waals surface area (Å²) in [6.07, 6.45) is 2.00. The molecule has 0 aliphatic carbocycles. The van der Waals surface area contributed by atoms with Gasteiger partial charge in [0.25, 0.3) is 0 Å². The maximum atomic E-state index is 10.9. The van der Waals surface area contributed by atoms with Crippen molar-refractivity contribution in [3.63, 3.8) is 0 Å². The summed E-state index contributed by atoms with van der Waals surface area (Å²) in [5, 5.41) is 0. The van der Waals surface area contributed by atoms with Gasteiger partial charge in [-0.15, -0.1) is 0 Å². The maximum absolute atomic E-state index is 10.9. The molecule has 1 rings (SSSR count). The summed E-state index contributed by atoms with van der Waals surface area (Å²) >= 11 is 0. The molecule has 0 N–H and O–H groups in total. The molecule has 1 heterocycles. The molecule has 1 aliphatic rings. The number of carbonyl (C=O) groups is 1. The van der Waals surface area contributed by atoms with Gasteiger partial charge in [0, 0.05) is 5.92 Å². The molecule has 0 radical (unpaired) electrons. The van der Waals surface area contributed by atoms with E-state index >= 15 is 0 Å². The van der Waals surface area contributed by atoms with Crippen LogP contribution in [0.4, 0.5) is 0 Å². The largest absolute Gasteiger partial charge is 0.459 e. The van der Waals surface area contributed by atoms with Crippen LogP contribution in [0.5, 0.6) is 0 Å². The Hall–Kier alpha value is -0.370. The number of rotatable bonds is 1. The van der Waals surface area contributed by atoms with Gasteiger partial charge in [0.15, 0.2) is 0 Å². The molecule has 1 aliphatic heterocycles. The van der Waals surface area contributed by atoms with Gasteiger partial charge in [0.05, 0.1) is 0 Å². The fraction of sp³-hybridized carbons (Fsp3) is 0.750. The smallest absolute Gasteiger partial charge is 0.132 e. The van der Waals surface area contributed by atoms with Crippen molar-refractivity contribution in [1.29, 1.82) is 0 Å². The van der Waals surface area contributed by atoms with Gasteiger partial charge < -0.3 is 4.90 Å². The van der Waals surface area contributed by atoms with Crippen molar-refractivity contribution in [2.45, 2.75) is 19.8 Å². The van der Waals surface area contributed by atoms with E-state index in [1.54, 1.807) is 6.92 Å². The number of hydrogen-bond acceptors (Lipinski definition) is 2. The highest BCUT2D eigenvalue weighted by Crippen LogP contribution is 2.16. The SMILES string of the molecule is [CH2-]N1CCC(C(C)=O)CC1. The van der Waals surface area contributed by atoms with Gasteiger partial charge in [0.2, 0.25) is 0 Å². The molecule has 1 fully saturated rings. The van der Waals surface area contributed by atoms with Crippen LogP contribution in [0, 0.1) is 13.0 Å². The molecular weight excluding hydrogens is 126 g/mol. The first-order chi connectivity index (χ1) is 4.70. The Morgan fingerprint density at radius 1 is 1.50 bits per heavy atom. The van der Waals surface area contributed by atoms with E-state index < -0.39 is 0 Å². The van der Waals surface area contributed by atoms with E-state index in [1.807, 2.05) is 4.90 Å². The Morgan fingerprint density at radius 3 is 2.40 bits per heavy atom. The zero-order valence-corrected chi connectivity index (χ0v) is 6.47. The molecule has 0 aromatic heterocycles. The molecule has 0 aromatic rings. The molecule has 10 heavy (non-hydrogen) atoms. The molecule has 0 atom stereocenters. The lowest BCUT2D eigenvalue weighted by Gasteiger charge is -2.33.